The molecular formula is C16H12BrCl2NO4. The zero-order chi connectivity index (χ0) is 17.9. The number of carbonyl (C=O) groups is 2. The lowest BCUT2D eigenvalue weighted by molar-refractivity contribution is -0.139. The number of allylic oxidation sites excluding steroid dienone is 2. The normalized spacial score (nSPS) is 13.8. The third-order valence-corrected chi connectivity index (χ3v) is 4.59. The zero-order valence-electron chi connectivity index (χ0n) is 12.7. The predicted octanol–water partition coefficient (Wildman–Crippen LogP) is 4.25. The number of hydrogen-bond donors (Lipinski definition) is 0. The highest BCUT2D eigenvalue weighted by molar-refractivity contribution is 9.10. The van der Waals surface area contributed by atoms with Crippen molar-refractivity contribution in [2.75, 3.05) is 19.1 Å². The van der Waals surface area contributed by atoms with Crippen molar-refractivity contribution in [2.45, 2.75) is 0 Å². The fourth-order valence-corrected chi connectivity index (χ4v) is 3.06. The summed E-state index contributed by atoms with van der Waals surface area (Å²) >= 11 is 15.7. The molecule has 0 radical (unpaired) electrons. The average molecular weight is 433 g/mol. The Kier molecular flexibility index (Phi) is 6.10. The van der Waals surface area contributed by atoms with Gasteiger partial charge in [-0.1, -0.05) is 29.3 Å². The first kappa shape index (κ1) is 18.6. The van der Waals surface area contributed by atoms with Crippen LogP contribution in [0.5, 0.6) is 0 Å². The van der Waals surface area contributed by atoms with Crippen molar-refractivity contribution in [1.82, 2.24) is 0 Å². The average Bonchev–Trinajstić information content (AvgIpc) is 2.79. The van der Waals surface area contributed by atoms with Crippen molar-refractivity contribution >= 4 is 56.8 Å². The highest BCUT2D eigenvalue weighted by Gasteiger charge is 2.29. The number of methoxy groups -OCH3 is 2. The molecule has 1 aliphatic rings. The molecule has 126 valence electrons. The molecule has 1 aromatic carbocycles. The number of rotatable bonds is 3. The molecule has 0 aromatic heterocycles. The van der Waals surface area contributed by atoms with Gasteiger partial charge in [0.15, 0.2) is 0 Å². The van der Waals surface area contributed by atoms with E-state index in [1.54, 1.807) is 30.5 Å². The van der Waals surface area contributed by atoms with Crippen molar-refractivity contribution in [3.63, 3.8) is 0 Å². The van der Waals surface area contributed by atoms with Gasteiger partial charge in [0.05, 0.1) is 30.5 Å². The van der Waals surface area contributed by atoms with E-state index in [1.807, 2.05) is 0 Å². The van der Waals surface area contributed by atoms with E-state index >= 15 is 0 Å². The second-order valence-corrected chi connectivity index (χ2v) is 6.21. The van der Waals surface area contributed by atoms with Gasteiger partial charge in [0.25, 0.3) is 0 Å². The first-order valence-electron chi connectivity index (χ1n) is 6.60. The molecule has 8 heteroatoms. The Balaban J connectivity index is 2.75. The van der Waals surface area contributed by atoms with Gasteiger partial charge in [-0.15, -0.1) is 0 Å². The van der Waals surface area contributed by atoms with Crippen LogP contribution in [0.25, 0.3) is 0 Å². The minimum absolute atomic E-state index is 0.0292. The molecule has 5 nitrogen and oxygen atoms in total. The van der Waals surface area contributed by atoms with Crippen LogP contribution >= 0.6 is 39.1 Å². The van der Waals surface area contributed by atoms with Crippen LogP contribution in [-0.4, -0.2) is 26.2 Å². The quantitative estimate of drug-likeness (QED) is 0.528. The number of halogens is 3. The monoisotopic (exact) mass is 431 g/mol. The smallest absolute Gasteiger partial charge is 0.355 e. The molecule has 0 saturated heterocycles. The summed E-state index contributed by atoms with van der Waals surface area (Å²) in [5, 5.41) is 0.715. The molecule has 0 N–H and O–H groups in total. The molecule has 1 aromatic rings. The molecule has 2 rings (SSSR count). The maximum absolute atomic E-state index is 12.3. The fourth-order valence-electron chi connectivity index (χ4n) is 2.07. The number of esters is 2. The second kappa shape index (κ2) is 7.88. The van der Waals surface area contributed by atoms with E-state index in [1.165, 1.54) is 25.2 Å². The third-order valence-electron chi connectivity index (χ3n) is 3.12. The van der Waals surface area contributed by atoms with E-state index in [9.17, 15) is 9.59 Å². The molecule has 0 bridgehead atoms. The summed E-state index contributed by atoms with van der Waals surface area (Å²) in [5.41, 5.74) is 0.393. The number of benzene rings is 1. The van der Waals surface area contributed by atoms with Crippen molar-refractivity contribution in [1.29, 1.82) is 0 Å². The topological polar surface area (TPSA) is 55.8 Å². The first-order chi connectivity index (χ1) is 11.4. The highest BCUT2D eigenvalue weighted by Crippen LogP contribution is 2.39. The summed E-state index contributed by atoms with van der Waals surface area (Å²) in [6.45, 7) is 0. The van der Waals surface area contributed by atoms with Crippen molar-refractivity contribution in [3.8, 4) is 0 Å². The molecule has 24 heavy (non-hydrogen) atoms. The molecule has 0 unspecified atom stereocenters. The number of anilines is 1. The highest BCUT2D eigenvalue weighted by atomic mass is 79.9. The van der Waals surface area contributed by atoms with E-state index in [2.05, 4.69) is 15.9 Å². The Labute approximate surface area is 157 Å². The molecule has 0 amide bonds. The molecule has 0 fully saturated rings. The van der Waals surface area contributed by atoms with Crippen molar-refractivity contribution in [3.05, 3.63) is 62.3 Å². The van der Waals surface area contributed by atoms with Gasteiger partial charge < -0.3 is 14.4 Å². The Morgan fingerprint density at radius 1 is 1.08 bits per heavy atom. The van der Waals surface area contributed by atoms with Crippen LogP contribution < -0.4 is 4.90 Å². The van der Waals surface area contributed by atoms with Gasteiger partial charge in [0.2, 0.25) is 0 Å². The third kappa shape index (κ3) is 3.66. The van der Waals surface area contributed by atoms with E-state index in [4.69, 9.17) is 32.7 Å². The summed E-state index contributed by atoms with van der Waals surface area (Å²) in [4.78, 5) is 25.8. The van der Waals surface area contributed by atoms with Gasteiger partial charge in [-0.05, 0) is 40.2 Å². The minimum atomic E-state index is -0.723. The standard InChI is InChI=1S/C16H12BrCl2NO4/c1-23-15(21)10-5-3-4-6-20(14(10)16(22)24-2)12-8-9(18)7-11(17)13(12)19/h3-8H,1-2H3. The van der Waals surface area contributed by atoms with Crippen LogP contribution in [0.4, 0.5) is 5.69 Å². The maximum Gasteiger partial charge on any atom is 0.355 e. The number of carbonyl (C=O) groups excluding carboxylic acids is 2. The fraction of sp³-hybridized carbons (Fsp3) is 0.125. The van der Waals surface area contributed by atoms with Crippen molar-refractivity contribution < 1.29 is 19.1 Å². The molecule has 0 atom stereocenters. The van der Waals surface area contributed by atoms with Gasteiger partial charge in [-0.25, -0.2) is 9.59 Å². The Hall–Kier alpha value is -1.76. The van der Waals surface area contributed by atoms with Crippen LogP contribution in [0.1, 0.15) is 0 Å². The van der Waals surface area contributed by atoms with Crippen LogP contribution in [0.15, 0.2) is 52.3 Å². The summed E-state index contributed by atoms with van der Waals surface area (Å²) < 4.78 is 10.1. The molecule has 1 aliphatic heterocycles. The summed E-state index contributed by atoms with van der Waals surface area (Å²) in [6.07, 6.45) is 6.28. The lowest BCUT2D eigenvalue weighted by Crippen LogP contribution is -2.27. The Bertz CT molecular complexity index is 787. The molecule has 0 saturated carbocycles. The number of nitrogens with zero attached hydrogens (tertiary/aromatic N) is 1. The zero-order valence-corrected chi connectivity index (χ0v) is 15.8. The minimum Gasteiger partial charge on any atom is -0.465 e. The van der Waals surface area contributed by atoms with Gasteiger partial charge >= 0.3 is 11.9 Å². The van der Waals surface area contributed by atoms with Gasteiger partial charge in [-0.3, -0.25) is 0 Å². The van der Waals surface area contributed by atoms with E-state index in [0.29, 0.717) is 20.2 Å². The second-order valence-electron chi connectivity index (χ2n) is 4.54. The van der Waals surface area contributed by atoms with E-state index in [0.717, 1.165) is 0 Å². The van der Waals surface area contributed by atoms with Gasteiger partial charge in [0.1, 0.15) is 5.70 Å². The van der Waals surface area contributed by atoms with E-state index < -0.39 is 11.9 Å². The predicted molar refractivity (Wildman–Crippen MR) is 96.0 cm³/mol. The van der Waals surface area contributed by atoms with Crippen LogP contribution in [0.2, 0.25) is 10.0 Å². The molecular weight excluding hydrogens is 421 g/mol. The Morgan fingerprint density at radius 3 is 2.38 bits per heavy atom. The summed E-state index contributed by atoms with van der Waals surface area (Å²) in [5.74, 6) is -1.41. The first-order valence-corrected chi connectivity index (χ1v) is 8.15. The maximum atomic E-state index is 12.3. The van der Waals surface area contributed by atoms with E-state index in [-0.39, 0.29) is 11.3 Å². The summed E-state index contributed by atoms with van der Waals surface area (Å²) in [7, 11) is 2.44. The molecule has 1 heterocycles. The molecule has 0 spiro atoms. The lowest BCUT2D eigenvalue weighted by atomic mass is 10.1. The van der Waals surface area contributed by atoms with Crippen molar-refractivity contribution in [2.24, 2.45) is 0 Å². The van der Waals surface area contributed by atoms with Crippen LogP contribution in [0.3, 0.4) is 0 Å². The molecule has 0 aliphatic carbocycles. The summed E-state index contributed by atoms with van der Waals surface area (Å²) in [6, 6.07) is 3.19. The number of hydrogen-bond acceptors (Lipinski definition) is 5. The SMILES string of the molecule is COC(=O)C1=C(C(=O)OC)N(c2cc(Cl)cc(Br)c2Cl)C=CC=C1. The van der Waals surface area contributed by atoms with Crippen LogP contribution in [0, 0.1) is 0 Å². The number of ether oxygens (including phenoxy) is 2. The van der Waals surface area contributed by atoms with Gasteiger partial charge in [0, 0.05) is 15.7 Å². The Morgan fingerprint density at radius 2 is 1.75 bits per heavy atom. The largest absolute Gasteiger partial charge is 0.465 e. The lowest BCUT2D eigenvalue weighted by Gasteiger charge is -2.24. The van der Waals surface area contributed by atoms with Crippen LogP contribution in [-0.2, 0) is 19.1 Å². The van der Waals surface area contributed by atoms with Gasteiger partial charge in [-0.2, -0.15) is 0 Å².